The van der Waals surface area contributed by atoms with Crippen LogP contribution < -0.4 is 4.72 Å². The molecule has 1 saturated heterocycles. The number of rotatable bonds is 5. The zero-order chi connectivity index (χ0) is 15.7. The van der Waals surface area contributed by atoms with Crippen molar-refractivity contribution in [3.63, 3.8) is 0 Å². The number of sulfonamides is 1. The Morgan fingerprint density at radius 2 is 2.00 bits per heavy atom. The summed E-state index contributed by atoms with van der Waals surface area (Å²) in [6, 6.07) is 1.44. The minimum absolute atomic E-state index is 0.0812. The van der Waals surface area contributed by atoms with E-state index in [9.17, 15) is 13.2 Å². The molecule has 0 unspecified atom stereocenters. The predicted molar refractivity (Wildman–Crippen MR) is 81.6 cm³/mol. The van der Waals surface area contributed by atoms with Gasteiger partial charge in [-0.2, -0.15) is 5.10 Å². The van der Waals surface area contributed by atoms with Gasteiger partial charge in [-0.15, -0.1) is 0 Å². The van der Waals surface area contributed by atoms with Crippen LogP contribution in [0.15, 0.2) is 18.5 Å². The van der Waals surface area contributed by atoms with Gasteiger partial charge in [-0.1, -0.05) is 12.8 Å². The van der Waals surface area contributed by atoms with Gasteiger partial charge in [0.2, 0.25) is 15.9 Å². The topological polar surface area (TPSA) is 84.3 Å². The van der Waals surface area contributed by atoms with Crippen molar-refractivity contribution in [1.82, 2.24) is 19.4 Å². The summed E-state index contributed by atoms with van der Waals surface area (Å²) in [7, 11) is -3.32. The SMILES string of the molecule is C[C@@H](C(=O)N1CC(S(=O)(=O)NC2CCCC2)C1)n1cccn1. The van der Waals surface area contributed by atoms with Crippen molar-refractivity contribution in [2.45, 2.75) is 49.9 Å². The van der Waals surface area contributed by atoms with Crippen molar-refractivity contribution < 1.29 is 13.2 Å². The Labute approximate surface area is 130 Å². The molecule has 1 atom stereocenters. The van der Waals surface area contributed by atoms with Crippen LogP contribution in [0, 0.1) is 0 Å². The molecule has 122 valence electrons. The smallest absolute Gasteiger partial charge is 0.247 e. The third kappa shape index (κ3) is 3.03. The molecule has 0 spiro atoms. The molecule has 1 amide bonds. The third-order valence-electron chi connectivity index (χ3n) is 4.56. The molecule has 2 heterocycles. The number of nitrogens with one attached hydrogen (secondary N) is 1. The van der Waals surface area contributed by atoms with Gasteiger partial charge in [0.25, 0.3) is 0 Å². The monoisotopic (exact) mass is 326 g/mol. The lowest BCUT2D eigenvalue weighted by atomic mass is 10.1. The Hall–Kier alpha value is -1.41. The third-order valence-corrected chi connectivity index (χ3v) is 6.40. The summed E-state index contributed by atoms with van der Waals surface area (Å²) in [6.45, 7) is 2.31. The molecule has 1 aliphatic heterocycles. The molecular formula is C14H22N4O3S. The van der Waals surface area contributed by atoms with E-state index in [1.807, 2.05) is 0 Å². The van der Waals surface area contributed by atoms with E-state index in [1.54, 1.807) is 35.0 Å². The summed E-state index contributed by atoms with van der Waals surface area (Å²) >= 11 is 0. The van der Waals surface area contributed by atoms with E-state index in [1.165, 1.54) is 0 Å². The molecule has 0 bridgehead atoms. The van der Waals surface area contributed by atoms with Crippen molar-refractivity contribution in [1.29, 1.82) is 0 Å². The fourth-order valence-electron chi connectivity index (χ4n) is 3.07. The molecule has 0 aromatic carbocycles. The second-order valence-electron chi connectivity index (χ2n) is 6.17. The Bertz CT molecular complexity index is 617. The average Bonchev–Trinajstić information content (AvgIpc) is 3.07. The highest BCUT2D eigenvalue weighted by atomic mass is 32.2. The number of carbonyl (C=O) groups is 1. The Morgan fingerprint density at radius 3 is 2.59 bits per heavy atom. The molecule has 2 aliphatic rings. The maximum atomic E-state index is 12.3. The van der Waals surface area contributed by atoms with E-state index in [-0.39, 0.29) is 25.0 Å². The van der Waals surface area contributed by atoms with Crippen molar-refractivity contribution in [2.24, 2.45) is 0 Å². The highest BCUT2D eigenvalue weighted by Gasteiger charge is 2.42. The predicted octanol–water partition coefficient (Wildman–Crippen LogP) is 0.517. The molecule has 22 heavy (non-hydrogen) atoms. The first-order valence-corrected chi connectivity index (χ1v) is 9.31. The van der Waals surface area contributed by atoms with Crippen molar-refractivity contribution in [3.8, 4) is 0 Å². The maximum absolute atomic E-state index is 12.3. The molecule has 1 N–H and O–H groups in total. The van der Waals surface area contributed by atoms with E-state index in [0.29, 0.717) is 0 Å². The van der Waals surface area contributed by atoms with Gasteiger partial charge in [0, 0.05) is 31.5 Å². The average molecular weight is 326 g/mol. The second-order valence-corrected chi connectivity index (χ2v) is 8.16. The molecule has 8 heteroatoms. The maximum Gasteiger partial charge on any atom is 0.247 e. The van der Waals surface area contributed by atoms with Crippen LogP contribution in [0.1, 0.15) is 38.6 Å². The van der Waals surface area contributed by atoms with Crippen molar-refractivity contribution in [3.05, 3.63) is 18.5 Å². The largest absolute Gasteiger partial charge is 0.338 e. The normalized spacial score (nSPS) is 21.8. The number of aromatic nitrogens is 2. The van der Waals surface area contributed by atoms with Crippen LogP contribution in [0.3, 0.4) is 0 Å². The van der Waals surface area contributed by atoms with Crippen LogP contribution in [0.25, 0.3) is 0 Å². The zero-order valence-electron chi connectivity index (χ0n) is 12.7. The Balaban J connectivity index is 1.53. The lowest BCUT2D eigenvalue weighted by molar-refractivity contribution is -0.137. The summed E-state index contributed by atoms with van der Waals surface area (Å²) in [5, 5.41) is 3.57. The number of hydrogen-bond donors (Lipinski definition) is 1. The molecule has 7 nitrogen and oxygen atoms in total. The first-order chi connectivity index (χ1) is 10.5. The summed E-state index contributed by atoms with van der Waals surface area (Å²) < 4.78 is 28.9. The molecule has 1 saturated carbocycles. The van der Waals surface area contributed by atoms with E-state index in [4.69, 9.17) is 0 Å². The minimum Gasteiger partial charge on any atom is -0.338 e. The molecular weight excluding hydrogens is 304 g/mol. The van der Waals surface area contributed by atoms with Crippen LogP contribution in [0.2, 0.25) is 0 Å². The molecule has 1 aromatic heterocycles. The van der Waals surface area contributed by atoms with Gasteiger partial charge in [-0.3, -0.25) is 9.48 Å². The summed E-state index contributed by atoms with van der Waals surface area (Å²) in [6.07, 6.45) is 7.38. The van der Waals surface area contributed by atoms with Crippen LogP contribution in [-0.2, 0) is 14.8 Å². The molecule has 0 radical (unpaired) electrons. The molecule has 2 fully saturated rings. The van der Waals surface area contributed by atoms with Gasteiger partial charge >= 0.3 is 0 Å². The fourth-order valence-corrected chi connectivity index (χ4v) is 4.72. The summed E-state index contributed by atoms with van der Waals surface area (Å²) in [5.41, 5.74) is 0. The van der Waals surface area contributed by atoms with Gasteiger partial charge in [-0.25, -0.2) is 13.1 Å². The quantitative estimate of drug-likeness (QED) is 0.855. The van der Waals surface area contributed by atoms with E-state index < -0.39 is 21.3 Å². The van der Waals surface area contributed by atoms with Crippen LogP contribution in [0.5, 0.6) is 0 Å². The Kier molecular flexibility index (Phi) is 4.22. The number of amides is 1. The van der Waals surface area contributed by atoms with Gasteiger partial charge in [0.05, 0.1) is 0 Å². The van der Waals surface area contributed by atoms with E-state index in [0.717, 1.165) is 25.7 Å². The number of nitrogens with zero attached hydrogens (tertiary/aromatic N) is 3. The lowest BCUT2D eigenvalue weighted by Gasteiger charge is -2.40. The van der Waals surface area contributed by atoms with Gasteiger partial charge in [0.15, 0.2) is 0 Å². The van der Waals surface area contributed by atoms with Gasteiger partial charge in [0.1, 0.15) is 11.3 Å². The molecule has 1 aliphatic carbocycles. The molecule has 1 aromatic rings. The summed E-state index contributed by atoms with van der Waals surface area (Å²) in [4.78, 5) is 13.9. The molecule has 3 rings (SSSR count). The summed E-state index contributed by atoms with van der Waals surface area (Å²) in [5.74, 6) is -0.0870. The van der Waals surface area contributed by atoms with Crippen molar-refractivity contribution >= 4 is 15.9 Å². The fraction of sp³-hybridized carbons (Fsp3) is 0.714. The van der Waals surface area contributed by atoms with Gasteiger partial charge < -0.3 is 4.90 Å². The first kappa shape index (κ1) is 15.5. The number of carbonyl (C=O) groups excluding carboxylic acids is 1. The lowest BCUT2D eigenvalue weighted by Crippen LogP contribution is -2.61. The van der Waals surface area contributed by atoms with E-state index in [2.05, 4.69) is 9.82 Å². The van der Waals surface area contributed by atoms with Crippen LogP contribution >= 0.6 is 0 Å². The first-order valence-electron chi connectivity index (χ1n) is 7.76. The van der Waals surface area contributed by atoms with Crippen molar-refractivity contribution in [2.75, 3.05) is 13.1 Å². The Morgan fingerprint density at radius 1 is 1.32 bits per heavy atom. The van der Waals surface area contributed by atoms with Crippen LogP contribution in [0.4, 0.5) is 0 Å². The number of hydrogen-bond acceptors (Lipinski definition) is 4. The second kappa shape index (κ2) is 6.00. The highest BCUT2D eigenvalue weighted by Crippen LogP contribution is 2.23. The standard InChI is InChI=1S/C14H22N4O3S/c1-11(18-8-4-7-15-18)14(19)17-9-13(10-17)22(20,21)16-12-5-2-3-6-12/h4,7-8,11-13,16H,2-3,5-6,9-10H2,1H3/t11-/m0/s1. The minimum atomic E-state index is -3.32. The van der Waals surface area contributed by atoms with Crippen LogP contribution in [-0.4, -0.2) is 53.4 Å². The zero-order valence-corrected chi connectivity index (χ0v) is 13.5. The number of likely N-dealkylation sites (tertiary alicyclic amines) is 1. The highest BCUT2D eigenvalue weighted by molar-refractivity contribution is 7.90. The van der Waals surface area contributed by atoms with Gasteiger partial charge in [-0.05, 0) is 25.8 Å². The van der Waals surface area contributed by atoms with E-state index >= 15 is 0 Å².